The van der Waals surface area contributed by atoms with E-state index in [1.807, 2.05) is 0 Å². The van der Waals surface area contributed by atoms with E-state index in [0.717, 1.165) is 0 Å². The summed E-state index contributed by atoms with van der Waals surface area (Å²) >= 11 is 0. The van der Waals surface area contributed by atoms with Crippen LogP contribution in [0.3, 0.4) is 0 Å². The summed E-state index contributed by atoms with van der Waals surface area (Å²) in [5.74, 6) is -0.0979. The number of aliphatic hydroxyl groups excluding tert-OH is 1. The van der Waals surface area contributed by atoms with Crippen LogP contribution in [0.5, 0.6) is 5.75 Å². The Kier molecular flexibility index (Phi) is 1.41. The number of aliphatic hydroxyl groups is 1. The van der Waals surface area contributed by atoms with Crippen molar-refractivity contribution in [1.29, 1.82) is 0 Å². The first-order valence-electron chi connectivity index (χ1n) is 3.73. The number of aromatic hydroxyl groups is 1. The van der Waals surface area contributed by atoms with Gasteiger partial charge >= 0.3 is 0 Å². The Labute approximate surface area is 69.3 Å². The highest BCUT2D eigenvalue weighted by atomic mass is 16.3. The maximum absolute atomic E-state index is 11.2. The molecular weight excluding hydrogens is 156 g/mol. The van der Waals surface area contributed by atoms with Crippen LogP contribution in [0.2, 0.25) is 0 Å². The topological polar surface area (TPSA) is 57.5 Å². The Bertz CT molecular complexity index is 344. The van der Waals surface area contributed by atoms with Crippen LogP contribution >= 0.6 is 0 Å². The van der Waals surface area contributed by atoms with Gasteiger partial charge in [0.05, 0.1) is 6.10 Å². The van der Waals surface area contributed by atoms with Crippen molar-refractivity contribution in [2.24, 2.45) is 0 Å². The number of benzene rings is 1. The fourth-order valence-electron chi connectivity index (χ4n) is 1.53. The van der Waals surface area contributed by atoms with Gasteiger partial charge in [0, 0.05) is 17.5 Å². The Morgan fingerprint density at radius 3 is 2.83 bits per heavy atom. The largest absolute Gasteiger partial charge is 0.508 e. The summed E-state index contributed by atoms with van der Waals surface area (Å²) < 4.78 is 0. The number of hydrogen-bond donors (Lipinski definition) is 2. The second-order valence-electron chi connectivity index (χ2n) is 2.88. The molecule has 0 saturated carbocycles. The summed E-state index contributed by atoms with van der Waals surface area (Å²) in [6.45, 7) is 0. The Morgan fingerprint density at radius 1 is 1.42 bits per heavy atom. The monoisotopic (exact) mass is 164 g/mol. The zero-order valence-electron chi connectivity index (χ0n) is 6.32. The van der Waals surface area contributed by atoms with Gasteiger partial charge in [-0.25, -0.2) is 0 Å². The van der Waals surface area contributed by atoms with E-state index in [4.69, 9.17) is 0 Å². The van der Waals surface area contributed by atoms with Crippen molar-refractivity contribution < 1.29 is 15.0 Å². The maximum atomic E-state index is 11.2. The number of hydrogen-bond acceptors (Lipinski definition) is 3. The van der Waals surface area contributed by atoms with Crippen LogP contribution in [0, 0.1) is 0 Å². The molecule has 0 saturated heterocycles. The molecule has 12 heavy (non-hydrogen) atoms. The third-order valence-electron chi connectivity index (χ3n) is 2.10. The lowest BCUT2D eigenvalue weighted by molar-refractivity contribution is 0.0929. The molecule has 1 aliphatic rings. The van der Waals surface area contributed by atoms with Crippen LogP contribution in [0.15, 0.2) is 18.2 Å². The Hall–Kier alpha value is -1.35. The smallest absolute Gasteiger partial charge is 0.166 e. The third-order valence-corrected chi connectivity index (χ3v) is 2.10. The normalized spacial score (nSPS) is 21.1. The summed E-state index contributed by atoms with van der Waals surface area (Å²) in [6.07, 6.45) is -0.735. The third kappa shape index (κ3) is 0.833. The number of phenolic OH excluding ortho intramolecular Hbond substituents is 1. The van der Waals surface area contributed by atoms with Gasteiger partial charge in [0.2, 0.25) is 0 Å². The van der Waals surface area contributed by atoms with Gasteiger partial charge in [-0.1, -0.05) is 12.1 Å². The quantitative estimate of drug-likeness (QED) is 0.601. The molecule has 1 aromatic carbocycles. The first-order valence-corrected chi connectivity index (χ1v) is 3.73. The molecule has 3 heteroatoms. The van der Waals surface area contributed by atoms with E-state index in [0.29, 0.717) is 11.1 Å². The predicted octanol–water partition coefficient (Wildman–Crippen LogP) is 1.01. The fourth-order valence-corrected chi connectivity index (χ4v) is 1.53. The molecule has 0 heterocycles. The Morgan fingerprint density at radius 2 is 2.17 bits per heavy atom. The summed E-state index contributed by atoms with van der Waals surface area (Å²) in [5, 5.41) is 18.7. The van der Waals surface area contributed by atoms with Gasteiger partial charge < -0.3 is 10.2 Å². The van der Waals surface area contributed by atoms with Gasteiger partial charge in [-0.15, -0.1) is 0 Å². The van der Waals surface area contributed by atoms with Crippen LogP contribution in [-0.4, -0.2) is 16.0 Å². The number of carbonyl (C=O) groups excluding carboxylic acids is 1. The summed E-state index contributed by atoms with van der Waals surface area (Å²) in [4.78, 5) is 11.2. The molecule has 0 spiro atoms. The van der Waals surface area contributed by atoms with Gasteiger partial charge in [-0.3, -0.25) is 4.79 Å². The van der Waals surface area contributed by atoms with Crippen LogP contribution in [0.4, 0.5) is 0 Å². The lowest BCUT2D eigenvalue weighted by Gasteiger charge is -2.03. The molecule has 1 atom stereocenters. The lowest BCUT2D eigenvalue weighted by atomic mass is 10.1. The number of rotatable bonds is 0. The molecule has 1 aliphatic carbocycles. The van der Waals surface area contributed by atoms with Gasteiger partial charge in [-0.05, 0) is 6.07 Å². The van der Waals surface area contributed by atoms with Crippen molar-refractivity contribution in [3.8, 4) is 5.75 Å². The summed E-state index contributed by atoms with van der Waals surface area (Å²) in [5.41, 5.74) is 0.824. The van der Waals surface area contributed by atoms with Gasteiger partial charge in [-0.2, -0.15) is 0 Å². The molecule has 0 amide bonds. The van der Waals surface area contributed by atoms with Crippen LogP contribution < -0.4 is 0 Å². The molecule has 0 aromatic heterocycles. The van der Waals surface area contributed by atoms with Crippen LogP contribution in [-0.2, 0) is 0 Å². The van der Waals surface area contributed by atoms with Crippen molar-refractivity contribution in [3.63, 3.8) is 0 Å². The molecule has 0 fully saturated rings. The van der Waals surface area contributed by atoms with E-state index in [-0.39, 0.29) is 18.0 Å². The first-order chi connectivity index (χ1) is 5.70. The predicted molar refractivity (Wildman–Crippen MR) is 42.0 cm³/mol. The zero-order valence-corrected chi connectivity index (χ0v) is 6.32. The summed E-state index contributed by atoms with van der Waals surface area (Å²) in [7, 11) is 0. The van der Waals surface area contributed by atoms with Gasteiger partial charge in [0.25, 0.3) is 0 Å². The molecule has 1 aromatic rings. The number of carbonyl (C=O) groups is 1. The van der Waals surface area contributed by atoms with Crippen LogP contribution in [0.1, 0.15) is 28.4 Å². The number of ketones is 1. The van der Waals surface area contributed by atoms with Crippen molar-refractivity contribution in [2.75, 3.05) is 0 Å². The molecule has 62 valence electrons. The lowest BCUT2D eigenvalue weighted by Crippen LogP contribution is -1.90. The number of Topliss-reactive ketones (excluding diaryl/α,β-unsaturated/α-hetero) is 1. The molecule has 0 bridgehead atoms. The average molecular weight is 164 g/mol. The summed E-state index contributed by atoms with van der Waals surface area (Å²) in [6, 6.07) is 4.69. The molecule has 0 aliphatic heterocycles. The number of fused-ring (bicyclic) bond motifs is 1. The van der Waals surface area contributed by atoms with E-state index in [1.165, 1.54) is 6.07 Å². The Balaban J connectivity index is 2.67. The molecule has 0 radical (unpaired) electrons. The average Bonchev–Trinajstić information content (AvgIpc) is 2.29. The zero-order chi connectivity index (χ0) is 8.72. The van der Waals surface area contributed by atoms with Crippen molar-refractivity contribution in [3.05, 3.63) is 29.3 Å². The molecule has 2 rings (SSSR count). The molecular formula is C9H8O3. The second-order valence-corrected chi connectivity index (χ2v) is 2.88. The highest BCUT2D eigenvalue weighted by Gasteiger charge is 2.29. The minimum Gasteiger partial charge on any atom is -0.508 e. The fraction of sp³-hybridized carbons (Fsp3) is 0.222. The number of phenols is 1. The van der Waals surface area contributed by atoms with E-state index in [1.54, 1.807) is 12.1 Å². The minimum absolute atomic E-state index is 0.00542. The highest BCUT2D eigenvalue weighted by molar-refractivity contribution is 6.01. The van der Waals surface area contributed by atoms with E-state index < -0.39 is 6.10 Å². The highest BCUT2D eigenvalue weighted by Crippen LogP contribution is 2.36. The first kappa shape index (κ1) is 7.31. The van der Waals surface area contributed by atoms with Crippen molar-refractivity contribution in [2.45, 2.75) is 12.5 Å². The van der Waals surface area contributed by atoms with Crippen molar-refractivity contribution in [1.82, 2.24) is 0 Å². The van der Waals surface area contributed by atoms with Gasteiger partial charge in [0.15, 0.2) is 5.78 Å². The maximum Gasteiger partial charge on any atom is 0.166 e. The van der Waals surface area contributed by atoms with Gasteiger partial charge in [0.1, 0.15) is 5.75 Å². The molecule has 0 unspecified atom stereocenters. The second kappa shape index (κ2) is 2.32. The molecule has 2 N–H and O–H groups in total. The standard InChI is InChI=1S/C9H8O3/c10-6-3-1-2-5-7(11)4-8(12)9(5)6/h1-3,8,10,12H,4H2/t8-/m1/s1. The molecule has 3 nitrogen and oxygen atoms in total. The SMILES string of the molecule is O=C1C[C@@H](O)c2c(O)cccc21. The minimum atomic E-state index is -0.825. The van der Waals surface area contributed by atoms with E-state index >= 15 is 0 Å². The van der Waals surface area contributed by atoms with Crippen LogP contribution in [0.25, 0.3) is 0 Å². The van der Waals surface area contributed by atoms with E-state index in [2.05, 4.69) is 0 Å². The van der Waals surface area contributed by atoms with Crippen molar-refractivity contribution >= 4 is 5.78 Å². The van der Waals surface area contributed by atoms with E-state index in [9.17, 15) is 15.0 Å².